The highest BCUT2D eigenvalue weighted by atomic mass is 16.5. The van der Waals surface area contributed by atoms with E-state index in [1.54, 1.807) is 17.3 Å². The van der Waals surface area contributed by atoms with Crippen LogP contribution in [0.5, 0.6) is 11.5 Å². The number of likely N-dealkylation sites (tertiary alicyclic amines) is 1. The Hall–Kier alpha value is -3.85. The lowest BCUT2D eigenvalue weighted by atomic mass is 9.69. The molecule has 0 spiro atoms. The number of benzene rings is 2. The predicted molar refractivity (Wildman–Crippen MR) is 116 cm³/mol. The summed E-state index contributed by atoms with van der Waals surface area (Å²) in [6, 6.07) is 19.0. The molecule has 2 aromatic carbocycles. The van der Waals surface area contributed by atoms with Gasteiger partial charge in [-0.05, 0) is 48.7 Å². The molecule has 1 aromatic heterocycles. The second-order valence-corrected chi connectivity index (χ2v) is 8.19. The van der Waals surface area contributed by atoms with Crippen LogP contribution in [0.15, 0.2) is 73.1 Å². The fourth-order valence-corrected chi connectivity index (χ4v) is 4.54. The van der Waals surface area contributed by atoms with Gasteiger partial charge in [0.05, 0.1) is 18.3 Å². The van der Waals surface area contributed by atoms with Crippen LogP contribution in [0, 0.1) is 17.4 Å². The molecule has 0 radical (unpaired) electrons. The maximum absolute atomic E-state index is 12.9. The molecule has 1 N–H and O–H groups in total. The Labute approximate surface area is 181 Å². The highest BCUT2D eigenvalue weighted by Gasteiger charge is 2.54. The van der Waals surface area contributed by atoms with Crippen molar-refractivity contribution in [2.45, 2.75) is 18.4 Å². The first-order valence-corrected chi connectivity index (χ1v) is 10.4. The summed E-state index contributed by atoms with van der Waals surface area (Å²) in [6.07, 6.45) is 7.62. The zero-order valence-electron chi connectivity index (χ0n) is 17.0. The van der Waals surface area contributed by atoms with Gasteiger partial charge in [0, 0.05) is 29.8 Å². The molecule has 1 aliphatic carbocycles. The number of carbonyl (C=O) groups is 1. The van der Waals surface area contributed by atoms with Crippen LogP contribution in [0.4, 0.5) is 0 Å². The smallest absolute Gasteiger partial charge is 0.251 e. The number of nitriles is 1. The average molecular weight is 410 g/mol. The molecule has 6 heteroatoms. The van der Waals surface area contributed by atoms with Gasteiger partial charge in [-0.15, -0.1) is 0 Å². The Morgan fingerprint density at radius 1 is 1.16 bits per heavy atom. The molecule has 2 atom stereocenters. The molecule has 2 fully saturated rings. The topological polar surface area (TPSA) is 78.3 Å². The van der Waals surface area contributed by atoms with E-state index in [1.165, 1.54) is 0 Å². The quantitative estimate of drug-likeness (QED) is 0.638. The third-order valence-electron chi connectivity index (χ3n) is 6.35. The largest absolute Gasteiger partial charge is 0.455 e. The van der Waals surface area contributed by atoms with Crippen LogP contribution < -0.4 is 10.1 Å². The molecule has 2 heterocycles. The third kappa shape index (κ3) is 3.59. The summed E-state index contributed by atoms with van der Waals surface area (Å²) >= 11 is 0. The summed E-state index contributed by atoms with van der Waals surface area (Å²) in [4.78, 5) is 18.8. The number of hydrogen-bond donors (Lipinski definition) is 1. The zero-order valence-corrected chi connectivity index (χ0v) is 17.0. The van der Waals surface area contributed by atoms with Gasteiger partial charge in [-0.3, -0.25) is 9.78 Å². The average Bonchev–Trinajstić information content (AvgIpc) is 3.05. The van der Waals surface area contributed by atoms with Gasteiger partial charge in [-0.2, -0.15) is 5.26 Å². The molecule has 0 bridgehead atoms. The summed E-state index contributed by atoms with van der Waals surface area (Å²) in [5.74, 6) is 1.67. The lowest BCUT2D eigenvalue weighted by Crippen LogP contribution is -2.60. The maximum Gasteiger partial charge on any atom is 0.251 e. The first kappa shape index (κ1) is 19.1. The fraction of sp³-hybridized carbons (Fsp3) is 0.240. The number of fused-ring (bicyclic) bond motifs is 1. The molecular formula is C25H22N4O2. The maximum atomic E-state index is 12.9. The molecule has 154 valence electrons. The fourth-order valence-electron chi connectivity index (χ4n) is 4.54. The van der Waals surface area contributed by atoms with E-state index in [1.807, 2.05) is 60.7 Å². The predicted octanol–water partition coefficient (Wildman–Crippen LogP) is 4.22. The Balaban J connectivity index is 1.33. The van der Waals surface area contributed by atoms with Crippen LogP contribution in [0.25, 0.3) is 11.1 Å². The van der Waals surface area contributed by atoms with Crippen LogP contribution in [-0.4, -0.2) is 34.4 Å². The van der Waals surface area contributed by atoms with E-state index in [0.717, 1.165) is 36.3 Å². The van der Waals surface area contributed by atoms with Gasteiger partial charge in [0.15, 0.2) is 11.9 Å². The van der Waals surface area contributed by atoms with E-state index in [4.69, 9.17) is 4.74 Å². The number of pyridine rings is 1. The van der Waals surface area contributed by atoms with Crippen molar-refractivity contribution in [1.82, 2.24) is 15.2 Å². The summed E-state index contributed by atoms with van der Waals surface area (Å²) in [6.45, 7) is 1.34. The summed E-state index contributed by atoms with van der Waals surface area (Å²) in [5.41, 5.74) is 2.21. The van der Waals surface area contributed by atoms with Crippen molar-refractivity contribution in [3.05, 3.63) is 78.6 Å². The highest BCUT2D eigenvalue weighted by molar-refractivity contribution is 5.95. The van der Waals surface area contributed by atoms with Gasteiger partial charge in [-0.1, -0.05) is 30.3 Å². The molecule has 1 amide bonds. The first-order valence-electron chi connectivity index (χ1n) is 10.4. The number of aromatic nitrogens is 1. The second kappa shape index (κ2) is 7.77. The Morgan fingerprint density at radius 3 is 2.68 bits per heavy atom. The van der Waals surface area contributed by atoms with Gasteiger partial charge in [-0.25, -0.2) is 0 Å². The molecule has 1 saturated carbocycles. The van der Waals surface area contributed by atoms with E-state index in [-0.39, 0.29) is 11.4 Å². The van der Waals surface area contributed by atoms with Crippen LogP contribution in [0.2, 0.25) is 0 Å². The molecule has 31 heavy (non-hydrogen) atoms. The molecule has 1 saturated heterocycles. The van der Waals surface area contributed by atoms with Crippen LogP contribution in [0.3, 0.4) is 0 Å². The monoisotopic (exact) mass is 410 g/mol. The van der Waals surface area contributed by atoms with Crippen molar-refractivity contribution in [3.8, 4) is 28.8 Å². The number of hydrogen-bond acceptors (Lipinski definition) is 5. The number of carbonyl (C=O) groups excluding carboxylic acids is 1. The van der Waals surface area contributed by atoms with Crippen molar-refractivity contribution in [1.29, 1.82) is 5.26 Å². The van der Waals surface area contributed by atoms with Crippen molar-refractivity contribution in [2.75, 3.05) is 13.1 Å². The lowest BCUT2D eigenvalue weighted by molar-refractivity contribution is 0.0762. The van der Waals surface area contributed by atoms with Crippen LogP contribution >= 0.6 is 0 Å². The van der Waals surface area contributed by atoms with Crippen molar-refractivity contribution in [3.63, 3.8) is 0 Å². The van der Waals surface area contributed by atoms with Gasteiger partial charge in [0.1, 0.15) is 5.75 Å². The van der Waals surface area contributed by atoms with Crippen LogP contribution in [0.1, 0.15) is 23.2 Å². The number of rotatable bonds is 5. The van der Waals surface area contributed by atoms with Gasteiger partial charge in [0.25, 0.3) is 5.91 Å². The molecule has 3 aromatic rings. The van der Waals surface area contributed by atoms with E-state index in [2.05, 4.69) is 16.5 Å². The minimum Gasteiger partial charge on any atom is -0.455 e. The van der Waals surface area contributed by atoms with Crippen molar-refractivity contribution >= 4 is 5.91 Å². The molecule has 2 aliphatic rings. The first-order chi connectivity index (χ1) is 15.2. The lowest BCUT2D eigenvalue weighted by Gasteiger charge is -2.44. The summed E-state index contributed by atoms with van der Waals surface area (Å²) in [7, 11) is 0. The standard InChI is InChI=1S/C25H22N4O2/c26-17-29-15-20-10-12-25(20,16-29)28-24(30)19-8-6-18(7-9-19)22-11-13-27-14-23(22)31-21-4-2-1-3-5-21/h1-9,11,13-14,20H,10,12,15-16H2,(H,28,30)/t20?,25-/m0/s1. The number of para-hydroxylation sites is 1. The zero-order chi connectivity index (χ0) is 21.3. The number of nitrogens with zero attached hydrogens (tertiary/aromatic N) is 3. The molecular weight excluding hydrogens is 388 g/mol. The Bertz CT molecular complexity index is 1140. The van der Waals surface area contributed by atoms with E-state index >= 15 is 0 Å². The normalized spacial score (nSPS) is 21.5. The summed E-state index contributed by atoms with van der Waals surface area (Å²) < 4.78 is 6.01. The Kier molecular flexibility index (Phi) is 4.79. The van der Waals surface area contributed by atoms with Gasteiger partial charge < -0.3 is 15.0 Å². The van der Waals surface area contributed by atoms with E-state index in [9.17, 15) is 10.1 Å². The molecule has 1 unspecified atom stereocenters. The van der Waals surface area contributed by atoms with Crippen LogP contribution in [-0.2, 0) is 0 Å². The minimum absolute atomic E-state index is 0.0912. The van der Waals surface area contributed by atoms with Gasteiger partial charge in [0.2, 0.25) is 0 Å². The highest BCUT2D eigenvalue weighted by Crippen LogP contribution is 2.44. The SMILES string of the molecule is N#CN1CC2CC[C@]2(NC(=O)c2ccc(-c3ccncc3Oc3ccccc3)cc2)C1. The van der Waals surface area contributed by atoms with Gasteiger partial charge >= 0.3 is 0 Å². The van der Waals surface area contributed by atoms with Crippen molar-refractivity contribution < 1.29 is 9.53 Å². The second-order valence-electron chi connectivity index (χ2n) is 8.19. The molecule has 6 nitrogen and oxygen atoms in total. The third-order valence-corrected chi connectivity index (χ3v) is 6.35. The van der Waals surface area contributed by atoms with E-state index in [0.29, 0.717) is 23.8 Å². The molecule has 1 aliphatic heterocycles. The number of amides is 1. The Morgan fingerprint density at radius 2 is 1.97 bits per heavy atom. The van der Waals surface area contributed by atoms with E-state index < -0.39 is 0 Å². The van der Waals surface area contributed by atoms with Crippen molar-refractivity contribution in [2.24, 2.45) is 5.92 Å². The summed E-state index contributed by atoms with van der Waals surface area (Å²) in [5, 5.41) is 12.4. The number of ether oxygens (including phenoxy) is 1. The number of nitrogens with one attached hydrogen (secondary N) is 1. The minimum atomic E-state index is -0.257. The molecule has 5 rings (SSSR count).